The van der Waals surface area contributed by atoms with E-state index in [2.05, 4.69) is 0 Å². The maximum Gasteiger partial charge on any atom is 0.384 e. The van der Waals surface area contributed by atoms with Crippen LogP contribution in [0, 0.1) is 0 Å². The molecule has 1 heterocycles. The van der Waals surface area contributed by atoms with Crippen LogP contribution in [0.1, 0.15) is 0 Å². The molecule has 156 valence electrons. The highest BCUT2D eigenvalue weighted by Crippen LogP contribution is 2.70. The number of aliphatic imine (C=N–C) groups is 1. The van der Waals surface area contributed by atoms with Crippen LogP contribution in [0.15, 0.2) is 16.8 Å². The first-order valence-corrected chi connectivity index (χ1v) is 6.05. The van der Waals surface area contributed by atoms with E-state index in [0.717, 1.165) is 0 Å². The van der Waals surface area contributed by atoms with E-state index in [1.165, 1.54) is 4.99 Å². The Balaban J connectivity index is 2.92. The van der Waals surface area contributed by atoms with E-state index in [-0.39, 0.29) is 0 Å². The topological polar surface area (TPSA) is 15.6 Å². The van der Waals surface area contributed by atoms with Crippen molar-refractivity contribution in [1.29, 1.82) is 0 Å². The fraction of sp³-hybridized carbons (Fsp3) is 0.700. The summed E-state index contributed by atoms with van der Waals surface area (Å²) in [4.78, 5) is -1.20. The number of nitrogens with zero attached hydrogens (tertiary/aromatic N) is 2. The highest BCUT2D eigenvalue weighted by molar-refractivity contribution is 5.91. The molecule has 0 aromatic heterocycles. The molecule has 0 aromatic rings. The monoisotopic (exact) mass is 434 g/mol. The molecule has 1 aliphatic heterocycles. The van der Waals surface area contributed by atoms with Crippen molar-refractivity contribution in [2.45, 2.75) is 41.8 Å². The Bertz CT molecular complexity index is 692. The molecule has 2 rings (SSSR count). The van der Waals surface area contributed by atoms with E-state index < -0.39 is 64.5 Å². The summed E-state index contributed by atoms with van der Waals surface area (Å²) >= 11 is 0. The Kier molecular flexibility index (Phi) is 4.09. The lowest BCUT2D eigenvalue weighted by atomic mass is 9.76. The van der Waals surface area contributed by atoms with Gasteiger partial charge in [0.1, 0.15) is 0 Å². The van der Waals surface area contributed by atoms with Gasteiger partial charge >= 0.3 is 35.4 Å². The molecule has 0 saturated heterocycles. The number of allylic oxidation sites excluding steroid dienone is 1. The minimum atomic E-state index is -7.68. The lowest BCUT2D eigenvalue weighted by Gasteiger charge is -2.55. The predicted octanol–water partition coefficient (Wildman–Crippen LogP) is 4.89. The minimum Gasteiger partial charge on any atom is -0.252 e. The molecular formula is C10HF15N2. The van der Waals surface area contributed by atoms with Gasteiger partial charge in [0.15, 0.2) is 0 Å². The van der Waals surface area contributed by atoms with Crippen molar-refractivity contribution in [3.05, 3.63) is 11.8 Å². The standard InChI is InChI=1S/C10HF15N2/c11-1-2(12)26-4(14)27(3(1)13)10(25)8(21,22)6(17,18)5(15,16)7(19,20)9(10,23)24/h4H. The van der Waals surface area contributed by atoms with Gasteiger partial charge in [-0.1, -0.05) is 0 Å². The molecule has 0 aromatic carbocycles. The highest BCUT2D eigenvalue weighted by Gasteiger charge is 3.03. The summed E-state index contributed by atoms with van der Waals surface area (Å²) in [6.07, 6.45) is -4.58. The minimum absolute atomic E-state index is 1.53. The lowest BCUT2D eigenvalue weighted by molar-refractivity contribution is -0.506. The Morgan fingerprint density at radius 1 is 0.630 bits per heavy atom. The van der Waals surface area contributed by atoms with Crippen LogP contribution in [-0.2, 0) is 0 Å². The molecule has 0 radical (unpaired) electrons. The zero-order valence-corrected chi connectivity index (χ0v) is 11.6. The van der Waals surface area contributed by atoms with Crippen molar-refractivity contribution < 1.29 is 65.9 Å². The van der Waals surface area contributed by atoms with Crippen LogP contribution in [0.5, 0.6) is 0 Å². The summed E-state index contributed by atoms with van der Waals surface area (Å²) in [6.45, 7) is 0. The number of hydrogen-bond acceptors (Lipinski definition) is 2. The Morgan fingerprint density at radius 2 is 0.963 bits per heavy atom. The number of halogens is 15. The van der Waals surface area contributed by atoms with Crippen LogP contribution in [0.4, 0.5) is 65.9 Å². The van der Waals surface area contributed by atoms with Crippen LogP contribution in [0.25, 0.3) is 0 Å². The van der Waals surface area contributed by atoms with Crippen molar-refractivity contribution in [3.63, 3.8) is 0 Å². The molecule has 0 N–H and O–H groups in total. The third kappa shape index (κ3) is 1.94. The maximum absolute atomic E-state index is 14.4. The van der Waals surface area contributed by atoms with Gasteiger partial charge in [-0.2, -0.15) is 66.5 Å². The number of hydrogen-bond donors (Lipinski definition) is 0. The Morgan fingerprint density at radius 3 is 1.33 bits per heavy atom. The van der Waals surface area contributed by atoms with E-state index >= 15 is 0 Å². The van der Waals surface area contributed by atoms with Gasteiger partial charge in [-0.3, -0.25) is 4.90 Å². The molecule has 1 atom stereocenters. The maximum atomic E-state index is 14.4. The van der Waals surface area contributed by atoms with Gasteiger partial charge in [0.05, 0.1) is 0 Å². The second-order valence-corrected chi connectivity index (χ2v) is 5.20. The molecule has 27 heavy (non-hydrogen) atoms. The van der Waals surface area contributed by atoms with Crippen LogP contribution in [0.2, 0.25) is 0 Å². The van der Waals surface area contributed by atoms with E-state index in [4.69, 9.17) is 0 Å². The quantitative estimate of drug-likeness (QED) is 0.424. The zero-order valence-electron chi connectivity index (χ0n) is 11.6. The molecule has 2 aliphatic rings. The van der Waals surface area contributed by atoms with Crippen molar-refractivity contribution in [3.8, 4) is 0 Å². The van der Waals surface area contributed by atoms with Crippen LogP contribution in [-0.4, -0.2) is 52.7 Å². The molecule has 17 heteroatoms. The van der Waals surface area contributed by atoms with Crippen LogP contribution in [0.3, 0.4) is 0 Å². The summed E-state index contributed by atoms with van der Waals surface area (Å²) in [5.74, 6) is -55.7. The normalized spacial score (nSPS) is 32.9. The van der Waals surface area contributed by atoms with Gasteiger partial charge in [-0.15, -0.1) is 0 Å². The molecule has 0 amide bonds. The van der Waals surface area contributed by atoms with E-state index in [1.54, 1.807) is 0 Å². The van der Waals surface area contributed by atoms with Crippen LogP contribution < -0.4 is 0 Å². The van der Waals surface area contributed by atoms with E-state index in [1.807, 2.05) is 0 Å². The summed E-state index contributed by atoms with van der Waals surface area (Å²) in [7, 11) is 0. The molecule has 1 aliphatic carbocycles. The van der Waals surface area contributed by atoms with Crippen molar-refractivity contribution in [2.24, 2.45) is 4.99 Å². The van der Waals surface area contributed by atoms with Crippen molar-refractivity contribution >= 4 is 5.97 Å². The number of alkyl halides is 12. The first-order chi connectivity index (χ1) is 11.7. The molecule has 0 bridgehead atoms. The second kappa shape index (κ2) is 5.15. The van der Waals surface area contributed by atoms with Gasteiger partial charge in [-0.05, 0) is 0 Å². The number of rotatable bonds is 1. The smallest absolute Gasteiger partial charge is 0.252 e. The van der Waals surface area contributed by atoms with Crippen molar-refractivity contribution in [2.75, 3.05) is 0 Å². The van der Waals surface area contributed by atoms with E-state index in [9.17, 15) is 65.9 Å². The average Bonchev–Trinajstić information content (AvgIpc) is 2.50. The summed E-state index contributed by atoms with van der Waals surface area (Å²) in [5, 5.41) is 0. The third-order valence-electron chi connectivity index (χ3n) is 3.75. The molecule has 0 spiro atoms. The summed E-state index contributed by atoms with van der Waals surface area (Å²) < 4.78 is 200. The largest absolute Gasteiger partial charge is 0.384 e. The van der Waals surface area contributed by atoms with Gasteiger partial charge in [0.25, 0.3) is 12.4 Å². The van der Waals surface area contributed by atoms with Gasteiger partial charge in [0.2, 0.25) is 11.8 Å². The molecule has 2 nitrogen and oxygen atoms in total. The van der Waals surface area contributed by atoms with Gasteiger partial charge < -0.3 is 0 Å². The zero-order chi connectivity index (χ0) is 21.6. The lowest BCUT2D eigenvalue weighted by Crippen LogP contribution is -2.87. The van der Waals surface area contributed by atoms with Crippen molar-refractivity contribution in [1.82, 2.24) is 4.90 Å². The molecular weight excluding hydrogens is 433 g/mol. The fourth-order valence-corrected chi connectivity index (χ4v) is 2.28. The first-order valence-electron chi connectivity index (χ1n) is 6.05. The Labute approximate surface area is 136 Å². The summed E-state index contributed by atoms with van der Waals surface area (Å²) in [5.41, 5.74) is 0. The fourth-order valence-electron chi connectivity index (χ4n) is 2.28. The Hall–Kier alpha value is -1.84. The van der Waals surface area contributed by atoms with E-state index in [0.29, 0.717) is 0 Å². The first kappa shape index (κ1) is 21.5. The third-order valence-corrected chi connectivity index (χ3v) is 3.75. The highest BCUT2D eigenvalue weighted by atomic mass is 19.4. The molecule has 1 saturated carbocycles. The van der Waals surface area contributed by atoms with Gasteiger partial charge in [-0.25, -0.2) is 4.39 Å². The predicted molar refractivity (Wildman–Crippen MR) is 53.1 cm³/mol. The van der Waals surface area contributed by atoms with Crippen LogP contribution >= 0.6 is 0 Å². The molecule has 1 fully saturated rings. The molecule has 1 unspecified atom stereocenters. The SMILES string of the molecule is FC1=NC(F)N(C2(F)C(F)(F)C(F)(F)C(F)(F)C(F)(F)C2(F)F)C(F)=C1F. The van der Waals surface area contributed by atoms with Gasteiger partial charge in [0, 0.05) is 0 Å². The average molecular weight is 434 g/mol. The summed E-state index contributed by atoms with van der Waals surface area (Å²) in [6, 6.07) is 0. The second-order valence-electron chi connectivity index (χ2n) is 5.20.